The highest BCUT2D eigenvalue weighted by molar-refractivity contribution is 6.45. The van der Waals surface area contributed by atoms with Gasteiger partial charge in [-0.25, -0.2) is 9.59 Å². The van der Waals surface area contributed by atoms with E-state index in [0.29, 0.717) is 105 Å². The topological polar surface area (TPSA) is 205 Å². The quantitative estimate of drug-likeness (QED) is 0.0147. The normalized spacial score (nSPS) is 15.3. The van der Waals surface area contributed by atoms with Gasteiger partial charge in [-0.15, -0.1) is 0 Å². The van der Waals surface area contributed by atoms with Crippen LogP contribution in [0.3, 0.4) is 0 Å². The molecule has 2 aliphatic heterocycles. The van der Waals surface area contributed by atoms with E-state index in [-0.39, 0.29) is 116 Å². The van der Waals surface area contributed by atoms with E-state index in [1.807, 2.05) is 173 Å². The van der Waals surface area contributed by atoms with Crippen molar-refractivity contribution in [1.29, 1.82) is 0 Å². The number of nitrogens with zero attached hydrogens (tertiary/aromatic N) is 4. The molecule has 4 aliphatic rings. The lowest BCUT2D eigenvalue weighted by molar-refractivity contribution is -0.138. The van der Waals surface area contributed by atoms with E-state index < -0.39 is 71.3 Å². The maximum atomic E-state index is 17.4. The fourth-order valence-electron chi connectivity index (χ4n) is 19.0. The van der Waals surface area contributed by atoms with E-state index in [4.69, 9.17) is 28.4 Å². The van der Waals surface area contributed by atoms with Crippen molar-refractivity contribution < 1.29 is 66.8 Å². The van der Waals surface area contributed by atoms with Gasteiger partial charge in [0.2, 0.25) is 0 Å². The van der Waals surface area contributed by atoms with Crippen LogP contribution in [0.5, 0.6) is 46.0 Å². The number of rotatable bonds is 28. The summed E-state index contributed by atoms with van der Waals surface area (Å²) in [5.74, 6) is -4.02. The highest BCUT2D eigenvalue weighted by Crippen LogP contribution is 2.59. The van der Waals surface area contributed by atoms with E-state index in [1.54, 1.807) is 34.1 Å². The molecule has 0 radical (unpaired) electrons. The Kier molecular flexibility index (Phi) is 25.7. The minimum atomic E-state index is -1.34. The Morgan fingerprint density at radius 1 is 0.359 bits per heavy atom. The molecule has 2 fully saturated rings. The van der Waals surface area contributed by atoms with Crippen LogP contribution in [0.25, 0.3) is 43.1 Å². The SMILES string of the molecule is C=CC(=O)OCCc1ccc(N(CC(C)C)C(=O)C(C2CCCCC2)N2C(=O)c3cc(Oc4ccc(C(C)(C)C)cc4)c4c5c(Oc6ccc(C(C)(C)C)cc6)cc6c7c(cc(Oc8ccc(C(C)(C)C)cc8)c(c8c(Oc9ccc(C(C)(C)C)cc9)cc(c3c48)C2=O)c75)C(=O)N(C(C(=O)N(CC(C)C)c2ccc(CCOC(=O)C=C)cc2)C2CCCCC2)C6=O)cc1. The van der Waals surface area contributed by atoms with Gasteiger partial charge in [-0.1, -0.05) is 235 Å². The van der Waals surface area contributed by atoms with Crippen LogP contribution < -0.4 is 28.7 Å². The van der Waals surface area contributed by atoms with Crippen LogP contribution in [0, 0.1) is 23.7 Å². The molecule has 2 unspecified atom stereocenters. The lowest BCUT2D eigenvalue weighted by Crippen LogP contribution is -2.58. The number of amides is 6. The summed E-state index contributed by atoms with van der Waals surface area (Å²) in [6, 6.07) is 50.2. The first-order valence-electron chi connectivity index (χ1n) is 45.5. The van der Waals surface area contributed by atoms with E-state index in [1.165, 1.54) is 9.80 Å². The van der Waals surface area contributed by atoms with Crippen LogP contribution in [0.15, 0.2) is 195 Å². The third-order valence-corrected chi connectivity index (χ3v) is 25.7. The maximum absolute atomic E-state index is 17.4. The van der Waals surface area contributed by atoms with E-state index in [0.717, 1.165) is 84.1 Å². The van der Waals surface area contributed by atoms with E-state index in [2.05, 4.69) is 96.2 Å². The first-order valence-corrected chi connectivity index (χ1v) is 45.5. The second-order valence-corrected chi connectivity index (χ2v) is 40.1. The number of benzene rings is 11. The average molecular weight is 1720 g/mol. The minimum Gasteiger partial charge on any atom is -0.462 e. The zero-order valence-corrected chi connectivity index (χ0v) is 77.0. The summed E-state index contributed by atoms with van der Waals surface area (Å²) < 4.78 is 41.1. The van der Waals surface area contributed by atoms with Crippen molar-refractivity contribution in [3.05, 3.63) is 251 Å². The molecule has 0 saturated heterocycles. The van der Waals surface area contributed by atoms with Gasteiger partial charge in [-0.05, 0) is 201 Å². The summed E-state index contributed by atoms with van der Waals surface area (Å²) in [5.41, 5.74) is 5.95. The number of anilines is 2. The second kappa shape index (κ2) is 36.4. The van der Waals surface area contributed by atoms with Crippen LogP contribution in [-0.2, 0) is 63.2 Å². The molecule has 2 aliphatic carbocycles. The molecular formula is C110H120N4O14. The molecule has 0 spiro atoms. The number of hydrogen-bond donors (Lipinski definition) is 0. The van der Waals surface area contributed by atoms with Gasteiger partial charge in [-0.3, -0.25) is 38.6 Å². The largest absolute Gasteiger partial charge is 0.462 e. The van der Waals surface area contributed by atoms with Crippen LogP contribution in [0.1, 0.15) is 250 Å². The Bertz CT molecular complexity index is 5480. The number of carbonyl (C=O) groups is 8. The molecule has 2 atom stereocenters. The Morgan fingerprint density at radius 3 is 0.836 bits per heavy atom. The number of esters is 2. The average Bonchev–Trinajstić information content (AvgIpc) is 0.668. The predicted octanol–water partition coefficient (Wildman–Crippen LogP) is 25.1. The molecule has 6 amide bonds. The van der Waals surface area contributed by atoms with Crippen molar-refractivity contribution >= 4 is 102 Å². The van der Waals surface area contributed by atoms with Crippen molar-refractivity contribution in [2.45, 2.75) is 222 Å². The number of hydrogen-bond acceptors (Lipinski definition) is 14. The third kappa shape index (κ3) is 18.4. The smallest absolute Gasteiger partial charge is 0.330 e. The van der Waals surface area contributed by atoms with Gasteiger partial charge in [0.15, 0.2) is 0 Å². The van der Waals surface area contributed by atoms with Gasteiger partial charge in [0, 0.05) is 92.5 Å². The Labute approximate surface area is 752 Å². The molecule has 0 bridgehead atoms. The highest BCUT2D eigenvalue weighted by atomic mass is 16.5. The molecule has 0 aromatic heterocycles. The summed E-state index contributed by atoms with van der Waals surface area (Å²) in [6.07, 6.45) is 10.0. The van der Waals surface area contributed by atoms with Crippen LogP contribution in [0.2, 0.25) is 0 Å². The van der Waals surface area contributed by atoms with E-state index >= 15 is 28.8 Å². The van der Waals surface area contributed by atoms with Crippen LogP contribution in [-0.4, -0.2) is 95.6 Å². The van der Waals surface area contributed by atoms with Crippen molar-refractivity contribution in [2.75, 3.05) is 36.1 Å². The summed E-state index contributed by atoms with van der Waals surface area (Å²) in [5, 5.41) is 2.33. The summed E-state index contributed by atoms with van der Waals surface area (Å²) >= 11 is 0. The van der Waals surface area contributed by atoms with Gasteiger partial charge in [0.1, 0.15) is 58.1 Å². The van der Waals surface area contributed by atoms with Gasteiger partial charge in [-0.2, -0.15) is 0 Å². The summed E-state index contributed by atoms with van der Waals surface area (Å²) in [6.45, 7) is 41.4. The van der Waals surface area contributed by atoms with Gasteiger partial charge < -0.3 is 38.2 Å². The molecule has 11 aromatic carbocycles. The first kappa shape index (κ1) is 90.4. The molecule has 2 heterocycles. The van der Waals surface area contributed by atoms with Gasteiger partial charge in [0.25, 0.3) is 35.4 Å². The number of carbonyl (C=O) groups excluding carboxylic acids is 8. The summed E-state index contributed by atoms with van der Waals surface area (Å²) in [4.78, 5) is 133. The Hall–Kier alpha value is -12.4. The summed E-state index contributed by atoms with van der Waals surface area (Å²) in [7, 11) is 0. The molecule has 11 aromatic rings. The van der Waals surface area contributed by atoms with Crippen LogP contribution >= 0.6 is 0 Å². The lowest BCUT2D eigenvalue weighted by atomic mass is 9.78. The van der Waals surface area contributed by atoms with E-state index in [9.17, 15) is 9.59 Å². The molecule has 2 saturated carbocycles. The molecule has 664 valence electrons. The minimum absolute atomic E-state index is 0.0514. The predicted molar refractivity (Wildman–Crippen MR) is 507 cm³/mol. The van der Waals surface area contributed by atoms with Crippen molar-refractivity contribution in [1.82, 2.24) is 9.80 Å². The lowest BCUT2D eigenvalue weighted by Gasteiger charge is -2.42. The van der Waals surface area contributed by atoms with Crippen molar-refractivity contribution in [3.63, 3.8) is 0 Å². The third-order valence-electron chi connectivity index (χ3n) is 25.7. The fraction of sp³-hybridized carbons (Fsp3) is 0.382. The van der Waals surface area contributed by atoms with Crippen LogP contribution in [0.4, 0.5) is 11.4 Å². The monoisotopic (exact) mass is 1720 g/mol. The van der Waals surface area contributed by atoms with Crippen molar-refractivity contribution in [2.24, 2.45) is 23.7 Å². The standard InChI is InChI=1S/C110H120N4O14/c1-19-89(115)123-57-55-67-31-43-75(44-32-67)111(63-65(3)4)105(121)99(69-27-23-21-24-28-69)113-101(117)81-59-85(125-77-47-35-71(36-48-77)107(7,8)9)93-95-87(127-79-51-39-73(40-52-79)109(13,14)15)61-83-92-84(104(120)114(103(83)119)100(70-29-25-22-26-30-70)106(122)112(64-66(5)6)76-45-33-68(34-46-76)56-58-124-90(116)20-2)62-88(128-80-53-41-74(42-54-80)110(16,17)18)96(98(92)95)94-86(60-82(102(113)118)91(81)97(93)94)126-78-49-37-72(38-50-78)108(10,11)12/h19-20,31-54,59-62,65-66,69-70,99-100H,1-2,21-30,55-58,63-64H2,3-18H3. The molecule has 128 heavy (non-hydrogen) atoms. The molecule has 15 rings (SSSR count). The number of ether oxygens (including phenoxy) is 6. The van der Waals surface area contributed by atoms with Gasteiger partial charge >= 0.3 is 11.9 Å². The fourth-order valence-corrected chi connectivity index (χ4v) is 19.0. The second-order valence-electron chi connectivity index (χ2n) is 40.1. The Morgan fingerprint density at radius 2 is 0.609 bits per heavy atom. The van der Waals surface area contributed by atoms with Gasteiger partial charge in [0.05, 0.1) is 35.5 Å². The first-order chi connectivity index (χ1) is 60.9. The van der Waals surface area contributed by atoms with Crippen molar-refractivity contribution in [3.8, 4) is 46.0 Å². The zero-order chi connectivity index (χ0) is 91.3. The Balaban J connectivity index is 1.05. The molecule has 0 N–H and O–H groups in total. The molecule has 18 nitrogen and oxygen atoms in total. The number of fused-ring (bicyclic) bond motifs is 2. The number of imide groups is 2. The molecule has 18 heteroatoms. The zero-order valence-electron chi connectivity index (χ0n) is 77.0. The molecular weight excluding hydrogens is 1600 g/mol. The maximum Gasteiger partial charge on any atom is 0.330 e. The highest BCUT2D eigenvalue weighted by Gasteiger charge is 2.51.